The van der Waals surface area contributed by atoms with Crippen LogP contribution in [0.25, 0.3) is 5.69 Å². The molecule has 1 aromatic carbocycles. The van der Waals surface area contributed by atoms with Crippen molar-refractivity contribution in [3.63, 3.8) is 0 Å². The van der Waals surface area contributed by atoms with Gasteiger partial charge in [-0.1, -0.05) is 31.0 Å². The van der Waals surface area contributed by atoms with Gasteiger partial charge in [-0.2, -0.15) is 0 Å². The first-order chi connectivity index (χ1) is 12.1. The van der Waals surface area contributed by atoms with E-state index in [9.17, 15) is 9.59 Å². The molecule has 0 unspecified atom stereocenters. The lowest BCUT2D eigenvalue weighted by Crippen LogP contribution is -2.26. The van der Waals surface area contributed by atoms with Crippen LogP contribution in [0.2, 0.25) is 0 Å². The number of aromatic amines is 1. The molecule has 0 aliphatic rings. The minimum Gasteiger partial charge on any atom is -0.469 e. The number of hydrogen-bond donors (Lipinski definition) is 2. The SMILES string of the molecule is COC(=O)CCCCCCNC(=O)c1c[nH]c(=S)n1-c1ccccc1. The molecule has 0 fully saturated rings. The molecular weight excluding hydrogens is 338 g/mol. The van der Waals surface area contributed by atoms with Gasteiger partial charge in [0.25, 0.3) is 5.91 Å². The van der Waals surface area contributed by atoms with Crippen molar-refractivity contribution in [2.75, 3.05) is 13.7 Å². The Hall–Kier alpha value is -2.41. The second-order valence-electron chi connectivity index (χ2n) is 5.65. The Morgan fingerprint density at radius 2 is 1.88 bits per heavy atom. The largest absolute Gasteiger partial charge is 0.469 e. The average Bonchev–Trinajstić information content (AvgIpc) is 3.02. The molecule has 0 atom stereocenters. The quantitative estimate of drug-likeness (QED) is 0.408. The second kappa shape index (κ2) is 9.78. The highest BCUT2D eigenvalue weighted by atomic mass is 32.1. The van der Waals surface area contributed by atoms with E-state index in [1.165, 1.54) is 7.11 Å². The van der Waals surface area contributed by atoms with Crippen LogP contribution in [-0.2, 0) is 9.53 Å². The first-order valence-corrected chi connectivity index (χ1v) is 8.75. The van der Waals surface area contributed by atoms with Gasteiger partial charge in [0.05, 0.1) is 7.11 Å². The molecule has 0 spiro atoms. The number of methoxy groups -OCH3 is 1. The zero-order valence-corrected chi connectivity index (χ0v) is 15.1. The van der Waals surface area contributed by atoms with Crippen LogP contribution in [0.15, 0.2) is 36.5 Å². The highest BCUT2D eigenvalue weighted by Crippen LogP contribution is 2.12. The van der Waals surface area contributed by atoms with E-state index in [0.29, 0.717) is 23.4 Å². The summed E-state index contributed by atoms with van der Waals surface area (Å²) in [6, 6.07) is 9.53. The van der Waals surface area contributed by atoms with Gasteiger partial charge in [-0.3, -0.25) is 14.2 Å². The maximum absolute atomic E-state index is 12.4. The Balaban J connectivity index is 1.81. The summed E-state index contributed by atoms with van der Waals surface area (Å²) in [5, 5.41) is 2.92. The van der Waals surface area contributed by atoms with E-state index in [1.807, 2.05) is 30.3 Å². The second-order valence-corrected chi connectivity index (χ2v) is 6.03. The zero-order chi connectivity index (χ0) is 18.1. The molecule has 6 nitrogen and oxygen atoms in total. The molecule has 0 aliphatic heterocycles. The standard InChI is InChI=1S/C18H23N3O3S/c1-24-16(22)11-7-2-3-8-12-19-17(23)15-13-20-18(25)21(15)14-9-5-4-6-10-14/h4-6,9-10,13H,2-3,7-8,11-12H2,1H3,(H,19,23)(H,20,25). The minimum absolute atomic E-state index is 0.161. The van der Waals surface area contributed by atoms with E-state index in [4.69, 9.17) is 12.2 Å². The van der Waals surface area contributed by atoms with Gasteiger partial charge in [-0.25, -0.2) is 0 Å². The predicted molar refractivity (Wildman–Crippen MR) is 98.4 cm³/mol. The van der Waals surface area contributed by atoms with Crippen molar-refractivity contribution in [3.05, 3.63) is 47.0 Å². The van der Waals surface area contributed by atoms with Gasteiger partial charge in [-0.15, -0.1) is 0 Å². The van der Waals surface area contributed by atoms with Gasteiger partial charge in [0.15, 0.2) is 4.77 Å². The van der Waals surface area contributed by atoms with Crippen LogP contribution in [0.1, 0.15) is 42.6 Å². The monoisotopic (exact) mass is 361 g/mol. The number of para-hydroxylation sites is 1. The molecule has 25 heavy (non-hydrogen) atoms. The average molecular weight is 361 g/mol. The van der Waals surface area contributed by atoms with Crippen molar-refractivity contribution in [3.8, 4) is 5.69 Å². The number of hydrogen-bond acceptors (Lipinski definition) is 4. The number of carbonyl (C=O) groups is 2. The van der Waals surface area contributed by atoms with Crippen molar-refractivity contribution in [1.82, 2.24) is 14.9 Å². The third-order valence-corrected chi connectivity index (χ3v) is 4.14. The molecule has 134 valence electrons. The maximum Gasteiger partial charge on any atom is 0.305 e. The van der Waals surface area contributed by atoms with Crippen LogP contribution in [0.3, 0.4) is 0 Å². The highest BCUT2D eigenvalue weighted by molar-refractivity contribution is 7.71. The number of benzene rings is 1. The molecule has 0 saturated carbocycles. The Labute approximate surface area is 152 Å². The smallest absolute Gasteiger partial charge is 0.305 e. The van der Waals surface area contributed by atoms with Crippen molar-refractivity contribution < 1.29 is 14.3 Å². The normalized spacial score (nSPS) is 10.4. The van der Waals surface area contributed by atoms with Gasteiger partial charge in [-0.05, 0) is 37.2 Å². The van der Waals surface area contributed by atoms with E-state index in [-0.39, 0.29) is 11.9 Å². The topological polar surface area (TPSA) is 76.1 Å². The maximum atomic E-state index is 12.4. The van der Waals surface area contributed by atoms with Crippen LogP contribution in [-0.4, -0.2) is 35.1 Å². The molecule has 2 rings (SSSR count). The van der Waals surface area contributed by atoms with Crippen LogP contribution >= 0.6 is 12.2 Å². The molecule has 2 aromatic rings. The summed E-state index contributed by atoms with van der Waals surface area (Å²) in [6.45, 7) is 0.587. The summed E-state index contributed by atoms with van der Waals surface area (Å²) < 4.78 is 6.81. The summed E-state index contributed by atoms with van der Waals surface area (Å²) in [5.74, 6) is -0.336. The predicted octanol–water partition coefficient (Wildman–Crippen LogP) is 3.39. The molecule has 1 amide bonds. The number of ether oxygens (including phenoxy) is 1. The van der Waals surface area contributed by atoms with Crippen LogP contribution in [0.5, 0.6) is 0 Å². The van der Waals surface area contributed by atoms with Crippen LogP contribution in [0.4, 0.5) is 0 Å². The van der Waals surface area contributed by atoms with E-state index >= 15 is 0 Å². The molecule has 2 N–H and O–H groups in total. The lowest BCUT2D eigenvalue weighted by Gasteiger charge is -2.09. The van der Waals surface area contributed by atoms with Crippen LogP contribution < -0.4 is 5.32 Å². The van der Waals surface area contributed by atoms with Gasteiger partial charge in [0.1, 0.15) is 5.69 Å². The van der Waals surface area contributed by atoms with E-state index in [2.05, 4.69) is 15.0 Å². The lowest BCUT2D eigenvalue weighted by atomic mass is 10.1. The number of imidazole rings is 1. The molecule has 7 heteroatoms. The van der Waals surface area contributed by atoms with Crippen molar-refractivity contribution in [2.24, 2.45) is 0 Å². The Morgan fingerprint density at radius 1 is 1.16 bits per heavy atom. The summed E-state index contributed by atoms with van der Waals surface area (Å²) in [4.78, 5) is 26.3. The highest BCUT2D eigenvalue weighted by Gasteiger charge is 2.13. The number of carbonyl (C=O) groups excluding carboxylic acids is 2. The van der Waals surface area contributed by atoms with E-state index in [0.717, 1.165) is 31.4 Å². The summed E-state index contributed by atoms with van der Waals surface area (Å²) in [5.41, 5.74) is 1.34. The molecule has 0 saturated heterocycles. The minimum atomic E-state index is -0.175. The summed E-state index contributed by atoms with van der Waals surface area (Å²) in [6.07, 6.45) is 5.64. The molecule has 0 aliphatic carbocycles. The number of aromatic nitrogens is 2. The molecule has 1 aromatic heterocycles. The number of unbranched alkanes of at least 4 members (excludes halogenated alkanes) is 3. The van der Waals surface area contributed by atoms with Crippen LogP contribution in [0, 0.1) is 4.77 Å². The molecule has 1 heterocycles. The van der Waals surface area contributed by atoms with Crippen molar-refractivity contribution >= 4 is 24.1 Å². The van der Waals surface area contributed by atoms with Crippen molar-refractivity contribution in [1.29, 1.82) is 0 Å². The zero-order valence-electron chi connectivity index (χ0n) is 14.3. The van der Waals surface area contributed by atoms with Gasteiger partial charge in [0, 0.05) is 24.8 Å². The molecule has 0 radical (unpaired) electrons. The van der Waals surface area contributed by atoms with E-state index in [1.54, 1.807) is 10.8 Å². The van der Waals surface area contributed by atoms with Crippen molar-refractivity contribution in [2.45, 2.75) is 32.1 Å². The number of nitrogens with zero attached hydrogens (tertiary/aromatic N) is 1. The fourth-order valence-electron chi connectivity index (χ4n) is 2.51. The summed E-state index contributed by atoms with van der Waals surface area (Å²) >= 11 is 5.28. The van der Waals surface area contributed by atoms with E-state index < -0.39 is 0 Å². The Morgan fingerprint density at radius 3 is 2.60 bits per heavy atom. The number of H-pyrrole nitrogens is 1. The fourth-order valence-corrected chi connectivity index (χ4v) is 2.77. The number of amides is 1. The Kier molecular flexibility index (Phi) is 7.40. The third kappa shape index (κ3) is 5.56. The first-order valence-electron chi connectivity index (χ1n) is 8.34. The third-order valence-electron chi connectivity index (χ3n) is 3.84. The van der Waals surface area contributed by atoms with Gasteiger partial charge >= 0.3 is 5.97 Å². The Bertz CT molecular complexity index is 752. The number of esters is 1. The number of nitrogens with one attached hydrogen (secondary N) is 2. The number of rotatable bonds is 9. The van der Waals surface area contributed by atoms with Gasteiger partial charge < -0.3 is 15.0 Å². The van der Waals surface area contributed by atoms with Gasteiger partial charge in [0.2, 0.25) is 0 Å². The first kappa shape index (κ1) is 18.9. The molecular formula is C18H23N3O3S. The fraction of sp³-hybridized carbons (Fsp3) is 0.389. The summed E-state index contributed by atoms with van der Waals surface area (Å²) in [7, 11) is 1.40. The molecule has 0 bridgehead atoms. The lowest BCUT2D eigenvalue weighted by molar-refractivity contribution is -0.140.